The smallest absolute Gasteiger partial charge is 0.410 e. The monoisotopic (exact) mass is 294 g/mol. The van der Waals surface area contributed by atoms with Gasteiger partial charge in [-0.3, -0.25) is 0 Å². The van der Waals surface area contributed by atoms with Gasteiger partial charge in [0, 0.05) is 19.6 Å². The van der Waals surface area contributed by atoms with Gasteiger partial charge in [-0.2, -0.15) is 0 Å². The fraction of sp³-hybridized carbons (Fsp3) is 0.688. The number of rotatable bonds is 4. The van der Waals surface area contributed by atoms with Crippen LogP contribution >= 0.6 is 0 Å². The second-order valence-corrected chi connectivity index (χ2v) is 6.72. The van der Waals surface area contributed by atoms with Crippen molar-refractivity contribution in [1.29, 1.82) is 0 Å². The van der Waals surface area contributed by atoms with Crippen molar-refractivity contribution in [1.82, 2.24) is 10.2 Å². The molecule has 21 heavy (non-hydrogen) atoms. The molecule has 1 fully saturated rings. The van der Waals surface area contributed by atoms with Gasteiger partial charge < -0.3 is 19.4 Å². The molecule has 118 valence electrons. The van der Waals surface area contributed by atoms with Gasteiger partial charge in [-0.15, -0.1) is 0 Å². The number of carbonyl (C=O) groups is 1. The Morgan fingerprint density at radius 1 is 1.48 bits per heavy atom. The van der Waals surface area contributed by atoms with E-state index in [1.165, 1.54) is 0 Å². The minimum atomic E-state index is -0.426. The van der Waals surface area contributed by atoms with Crippen molar-refractivity contribution in [3.05, 3.63) is 23.7 Å². The zero-order chi connectivity index (χ0) is 15.5. The highest BCUT2D eigenvalue weighted by Gasteiger charge is 2.29. The molecule has 1 saturated heterocycles. The van der Waals surface area contributed by atoms with Crippen molar-refractivity contribution in [2.24, 2.45) is 5.92 Å². The summed E-state index contributed by atoms with van der Waals surface area (Å²) in [7, 11) is 0. The number of likely N-dealkylation sites (tertiary alicyclic amines) is 1. The van der Waals surface area contributed by atoms with Gasteiger partial charge in [-0.1, -0.05) is 0 Å². The SMILES string of the molecule is Cc1ccc(CNC[C@H]2CCN(C(=O)OC(C)(C)C)C2)o1. The standard InChI is InChI=1S/C16H26N2O3/c1-12-5-6-14(20-12)10-17-9-13-7-8-18(11-13)15(19)21-16(2,3)4/h5-6,13,17H,7-11H2,1-4H3/t13-/m1/s1. The fourth-order valence-electron chi connectivity index (χ4n) is 2.47. The van der Waals surface area contributed by atoms with Crippen molar-refractivity contribution >= 4 is 6.09 Å². The third-order valence-corrected chi connectivity index (χ3v) is 3.47. The van der Waals surface area contributed by atoms with Crippen LogP contribution < -0.4 is 5.32 Å². The lowest BCUT2D eigenvalue weighted by molar-refractivity contribution is 0.0288. The Labute approximate surface area is 126 Å². The van der Waals surface area contributed by atoms with Crippen LogP contribution in [0.3, 0.4) is 0 Å². The number of ether oxygens (including phenoxy) is 1. The predicted molar refractivity (Wildman–Crippen MR) is 81.1 cm³/mol. The lowest BCUT2D eigenvalue weighted by atomic mass is 10.1. The van der Waals surface area contributed by atoms with Crippen molar-refractivity contribution in [2.45, 2.75) is 46.3 Å². The second kappa shape index (κ2) is 6.52. The summed E-state index contributed by atoms with van der Waals surface area (Å²) in [5.41, 5.74) is -0.426. The van der Waals surface area contributed by atoms with Crippen LogP contribution in [-0.2, 0) is 11.3 Å². The number of nitrogens with zero attached hydrogens (tertiary/aromatic N) is 1. The molecule has 1 N–H and O–H groups in total. The molecular weight excluding hydrogens is 268 g/mol. The molecule has 1 amide bonds. The maximum absolute atomic E-state index is 12.0. The Bertz CT molecular complexity index is 476. The highest BCUT2D eigenvalue weighted by Crippen LogP contribution is 2.19. The topological polar surface area (TPSA) is 54.7 Å². The number of carbonyl (C=O) groups excluding carboxylic acids is 1. The van der Waals surface area contributed by atoms with E-state index in [2.05, 4.69) is 5.32 Å². The zero-order valence-electron chi connectivity index (χ0n) is 13.4. The number of hydrogen-bond acceptors (Lipinski definition) is 4. The van der Waals surface area contributed by atoms with Gasteiger partial charge >= 0.3 is 6.09 Å². The van der Waals surface area contributed by atoms with E-state index in [1.54, 1.807) is 4.90 Å². The molecule has 1 atom stereocenters. The van der Waals surface area contributed by atoms with Crippen LogP contribution in [0.15, 0.2) is 16.5 Å². The highest BCUT2D eigenvalue weighted by atomic mass is 16.6. The van der Waals surface area contributed by atoms with Gasteiger partial charge in [0.15, 0.2) is 0 Å². The molecule has 1 aliphatic heterocycles. The number of amides is 1. The third-order valence-electron chi connectivity index (χ3n) is 3.47. The van der Waals surface area contributed by atoms with Gasteiger partial charge in [0.1, 0.15) is 17.1 Å². The Kier molecular flexibility index (Phi) is 4.93. The number of furan rings is 1. The van der Waals surface area contributed by atoms with Crippen molar-refractivity contribution < 1.29 is 13.9 Å². The molecule has 2 heterocycles. The van der Waals surface area contributed by atoms with E-state index in [0.717, 1.165) is 44.1 Å². The number of hydrogen-bond donors (Lipinski definition) is 1. The van der Waals surface area contributed by atoms with Crippen molar-refractivity contribution in [2.75, 3.05) is 19.6 Å². The molecule has 0 unspecified atom stereocenters. The summed E-state index contributed by atoms with van der Waals surface area (Å²) in [5, 5.41) is 3.39. The fourth-order valence-corrected chi connectivity index (χ4v) is 2.47. The van der Waals surface area contributed by atoms with E-state index >= 15 is 0 Å². The predicted octanol–water partition coefficient (Wildman–Crippen LogP) is 2.93. The molecule has 0 radical (unpaired) electrons. The molecular formula is C16H26N2O3. The normalized spacial score (nSPS) is 19.0. The average Bonchev–Trinajstić information content (AvgIpc) is 2.97. The first-order valence-corrected chi connectivity index (χ1v) is 7.57. The van der Waals surface area contributed by atoms with Gasteiger partial charge in [-0.05, 0) is 52.2 Å². The van der Waals surface area contributed by atoms with E-state index in [9.17, 15) is 4.79 Å². The Morgan fingerprint density at radius 3 is 2.86 bits per heavy atom. The van der Waals surface area contributed by atoms with Crippen LogP contribution in [0.25, 0.3) is 0 Å². The second-order valence-electron chi connectivity index (χ2n) is 6.72. The van der Waals surface area contributed by atoms with E-state index in [1.807, 2.05) is 39.8 Å². The number of nitrogens with one attached hydrogen (secondary N) is 1. The van der Waals surface area contributed by atoms with E-state index in [4.69, 9.17) is 9.15 Å². The van der Waals surface area contributed by atoms with Crippen molar-refractivity contribution in [3.63, 3.8) is 0 Å². The molecule has 0 saturated carbocycles. The molecule has 1 aromatic heterocycles. The largest absolute Gasteiger partial charge is 0.465 e. The van der Waals surface area contributed by atoms with E-state index in [-0.39, 0.29) is 6.09 Å². The van der Waals surface area contributed by atoms with Gasteiger partial charge in [0.2, 0.25) is 0 Å². The highest BCUT2D eigenvalue weighted by molar-refractivity contribution is 5.68. The molecule has 2 rings (SSSR count). The maximum Gasteiger partial charge on any atom is 0.410 e. The number of aryl methyl sites for hydroxylation is 1. The first-order chi connectivity index (χ1) is 9.83. The van der Waals surface area contributed by atoms with Crippen LogP contribution in [0, 0.1) is 12.8 Å². The van der Waals surface area contributed by atoms with Crippen LogP contribution in [-0.4, -0.2) is 36.2 Å². The summed E-state index contributed by atoms with van der Waals surface area (Å²) >= 11 is 0. The van der Waals surface area contributed by atoms with Crippen LogP contribution in [0.2, 0.25) is 0 Å². The Hall–Kier alpha value is -1.49. The molecule has 5 heteroatoms. The van der Waals surface area contributed by atoms with Gasteiger partial charge in [0.25, 0.3) is 0 Å². The molecule has 0 aromatic carbocycles. The molecule has 1 aromatic rings. The van der Waals surface area contributed by atoms with E-state index < -0.39 is 5.60 Å². The summed E-state index contributed by atoms with van der Waals surface area (Å²) in [6, 6.07) is 3.96. The van der Waals surface area contributed by atoms with Crippen LogP contribution in [0.5, 0.6) is 0 Å². The molecule has 5 nitrogen and oxygen atoms in total. The summed E-state index contributed by atoms with van der Waals surface area (Å²) in [6.45, 7) is 10.8. The first-order valence-electron chi connectivity index (χ1n) is 7.57. The Balaban J connectivity index is 1.69. The lowest BCUT2D eigenvalue weighted by Gasteiger charge is -2.24. The van der Waals surface area contributed by atoms with Crippen LogP contribution in [0.4, 0.5) is 4.79 Å². The van der Waals surface area contributed by atoms with Gasteiger partial charge in [0.05, 0.1) is 6.54 Å². The lowest BCUT2D eigenvalue weighted by Crippen LogP contribution is -2.36. The summed E-state index contributed by atoms with van der Waals surface area (Å²) < 4.78 is 10.9. The summed E-state index contributed by atoms with van der Waals surface area (Å²) in [4.78, 5) is 13.8. The summed E-state index contributed by atoms with van der Waals surface area (Å²) in [5.74, 6) is 2.37. The minimum absolute atomic E-state index is 0.202. The zero-order valence-corrected chi connectivity index (χ0v) is 13.4. The maximum atomic E-state index is 12.0. The quantitative estimate of drug-likeness (QED) is 0.927. The third kappa shape index (κ3) is 5.08. The van der Waals surface area contributed by atoms with E-state index in [0.29, 0.717) is 5.92 Å². The minimum Gasteiger partial charge on any atom is -0.465 e. The van der Waals surface area contributed by atoms with Crippen LogP contribution in [0.1, 0.15) is 38.7 Å². The molecule has 0 spiro atoms. The Morgan fingerprint density at radius 2 is 2.24 bits per heavy atom. The molecule has 1 aliphatic rings. The average molecular weight is 294 g/mol. The first kappa shape index (κ1) is 15.9. The molecule has 0 aliphatic carbocycles. The molecule has 0 bridgehead atoms. The summed E-state index contributed by atoms with van der Waals surface area (Å²) in [6.07, 6.45) is 0.815. The van der Waals surface area contributed by atoms with Crippen molar-refractivity contribution in [3.8, 4) is 0 Å². The van der Waals surface area contributed by atoms with Gasteiger partial charge in [-0.25, -0.2) is 4.79 Å².